The van der Waals surface area contributed by atoms with Gasteiger partial charge >= 0.3 is 6.03 Å². The van der Waals surface area contributed by atoms with Gasteiger partial charge in [0, 0.05) is 26.2 Å². The number of likely N-dealkylation sites (N-methyl/N-ethyl adjacent to an activating group) is 1. The van der Waals surface area contributed by atoms with Crippen LogP contribution in [0, 0.1) is 0 Å². The van der Waals surface area contributed by atoms with Crippen LogP contribution in [0.3, 0.4) is 0 Å². The van der Waals surface area contributed by atoms with E-state index in [1.54, 1.807) is 4.90 Å². The van der Waals surface area contributed by atoms with Crippen LogP contribution in [0.1, 0.15) is 0 Å². The van der Waals surface area contributed by atoms with Crippen molar-refractivity contribution in [2.45, 2.75) is 0 Å². The number of hydrogen-bond donors (Lipinski definition) is 0. The van der Waals surface area contributed by atoms with Crippen molar-refractivity contribution in [3.05, 3.63) is 17.4 Å². The SMILES string of the molecule is CN1CCN(C(=O)n2cc(Cl)cn2)CC1. The van der Waals surface area contributed by atoms with Crippen LogP contribution in [0.5, 0.6) is 0 Å². The fourth-order valence-corrected chi connectivity index (χ4v) is 1.68. The first-order valence-corrected chi connectivity index (χ1v) is 5.22. The number of carbonyl (C=O) groups is 1. The number of rotatable bonds is 0. The second kappa shape index (κ2) is 4.20. The Labute approximate surface area is 93.2 Å². The Balaban J connectivity index is 2.02. The number of carbonyl (C=O) groups excluding carboxylic acids is 1. The van der Waals surface area contributed by atoms with Crippen LogP contribution in [0.4, 0.5) is 4.79 Å². The maximum absolute atomic E-state index is 11.9. The molecular formula is C9H13ClN4O. The molecule has 0 N–H and O–H groups in total. The van der Waals surface area contributed by atoms with Gasteiger partial charge in [-0.2, -0.15) is 9.78 Å². The number of halogens is 1. The molecule has 0 bridgehead atoms. The maximum Gasteiger partial charge on any atom is 0.344 e. The molecular weight excluding hydrogens is 216 g/mol. The molecule has 0 radical (unpaired) electrons. The molecule has 0 aromatic carbocycles. The van der Waals surface area contributed by atoms with Crippen LogP contribution in [-0.2, 0) is 0 Å². The lowest BCUT2D eigenvalue weighted by atomic mass is 10.3. The van der Waals surface area contributed by atoms with Crippen molar-refractivity contribution in [2.24, 2.45) is 0 Å². The summed E-state index contributed by atoms with van der Waals surface area (Å²) in [5, 5.41) is 4.37. The predicted octanol–water partition coefficient (Wildman–Crippen LogP) is 0.752. The third kappa shape index (κ3) is 2.30. The third-order valence-corrected chi connectivity index (χ3v) is 2.72. The summed E-state index contributed by atoms with van der Waals surface area (Å²) in [6, 6.07) is -0.102. The second-order valence-corrected chi connectivity index (χ2v) is 4.11. The Morgan fingerprint density at radius 3 is 2.60 bits per heavy atom. The molecule has 0 unspecified atom stereocenters. The van der Waals surface area contributed by atoms with Gasteiger partial charge in [-0.3, -0.25) is 0 Å². The Morgan fingerprint density at radius 1 is 1.40 bits per heavy atom. The fourth-order valence-electron chi connectivity index (χ4n) is 1.55. The number of hydrogen-bond acceptors (Lipinski definition) is 3. The van der Waals surface area contributed by atoms with Crippen molar-refractivity contribution in [1.82, 2.24) is 19.6 Å². The van der Waals surface area contributed by atoms with Crippen molar-refractivity contribution >= 4 is 17.6 Å². The highest BCUT2D eigenvalue weighted by molar-refractivity contribution is 6.30. The van der Waals surface area contributed by atoms with Crippen LogP contribution in [-0.4, -0.2) is 58.8 Å². The lowest BCUT2D eigenvalue weighted by Gasteiger charge is -2.31. The molecule has 1 amide bonds. The van der Waals surface area contributed by atoms with E-state index in [0.717, 1.165) is 26.2 Å². The fraction of sp³-hybridized carbons (Fsp3) is 0.556. The third-order valence-electron chi connectivity index (χ3n) is 2.52. The number of aromatic nitrogens is 2. The summed E-state index contributed by atoms with van der Waals surface area (Å²) in [4.78, 5) is 15.8. The van der Waals surface area contributed by atoms with E-state index in [2.05, 4.69) is 10.00 Å². The molecule has 6 heteroatoms. The van der Waals surface area contributed by atoms with Crippen molar-refractivity contribution in [1.29, 1.82) is 0 Å². The summed E-state index contributed by atoms with van der Waals surface area (Å²) in [6.45, 7) is 3.29. The first kappa shape index (κ1) is 10.4. The van der Waals surface area contributed by atoms with Crippen LogP contribution < -0.4 is 0 Å². The first-order valence-electron chi connectivity index (χ1n) is 4.85. The number of piperazine rings is 1. The largest absolute Gasteiger partial charge is 0.344 e. The number of nitrogens with zero attached hydrogens (tertiary/aromatic N) is 4. The molecule has 0 aliphatic carbocycles. The molecule has 0 spiro atoms. The molecule has 0 atom stereocenters. The molecule has 1 aromatic rings. The van der Waals surface area contributed by atoms with E-state index in [1.165, 1.54) is 17.1 Å². The Bertz CT molecular complexity index is 357. The topological polar surface area (TPSA) is 41.4 Å². The number of amides is 1. The minimum atomic E-state index is -0.102. The maximum atomic E-state index is 11.9. The van der Waals surface area contributed by atoms with Crippen LogP contribution in [0.2, 0.25) is 5.02 Å². The zero-order valence-corrected chi connectivity index (χ0v) is 9.31. The first-order chi connectivity index (χ1) is 7.16. The molecule has 2 heterocycles. The molecule has 15 heavy (non-hydrogen) atoms. The average Bonchev–Trinajstić information content (AvgIpc) is 2.65. The van der Waals surface area contributed by atoms with E-state index in [1.807, 2.05) is 7.05 Å². The quantitative estimate of drug-likeness (QED) is 0.658. The monoisotopic (exact) mass is 228 g/mol. The molecule has 0 saturated carbocycles. The Hall–Kier alpha value is -1.07. The van der Waals surface area contributed by atoms with E-state index in [9.17, 15) is 4.79 Å². The van der Waals surface area contributed by atoms with Crippen LogP contribution in [0.15, 0.2) is 12.4 Å². The summed E-state index contributed by atoms with van der Waals surface area (Å²) < 4.78 is 1.29. The molecule has 82 valence electrons. The van der Waals surface area contributed by atoms with Crippen LogP contribution in [0.25, 0.3) is 0 Å². The molecule has 2 rings (SSSR count). The van der Waals surface area contributed by atoms with E-state index in [0.29, 0.717) is 5.02 Å². The van der Waals surface area contributed by atoms with Gasteiger partial charge in [-0.1, -0.05) is 11.6 Å². The van der Waals surface area contributed by atoms with Crippen molar-refractivity contribution in [3.63, 3.8) is 0 Å². The lowest BCUT2D eigenvalue weighted by Crippen LogP contribution is -2.48. The minimum absolute atomic E-state index is 0.102. The van der Waals surface area contributed by atoms with Gasteiger partial charge in [0.05, 0.1) is 17.4 Å². The summed E-state index contributed by atoms with van der Waals surface area (Å²) >= 11 is 5.70. The summed E-state index contributed by atoms with van der Waals surface area (Å²) in [5.41, 5.74) is 0. The van der Waals surface area contributed by atoms with Gasteiger partial charge in [0.25, 0.3) is 0 Å². The van der Waals surface area contributed by atoms with Crippen molar-refractivity contribution in [3.8, 4) is 0 Å². The minimum Gasteiger partial charge on any atom is -0.320 e. The van der Waals surface area contributed by atoms with Gasteiger partial charge in [-0.25, -0.2) is 4.79 Å². The predicted molar refractivity (Wildman–Crippen MR) is 57.1 cm³/mol. The zero-order chi connectivity index (χ0) is 10.8. The van der Waals surface area contributed by atoms with Gasteiger partial charge < -0.3 is 9.80 Å². The van der Waals surface area contributed by atoms with Crippen LogP contribution >= 0.6 is 11.6 Å². The van der Waals surface area contributed by atoms with E-state index in [-0.39, 0.29) is 6.03 Å². The summed E-state index contributed by atoms with van der Waals surface area (Å²) in [7, 11) is 2.05. The normalized spacial score (nSPS) is 18.1. The van der Waals surface area contributed by atoms with Gasteiger partial charge in [-0.05, 0) is 7.05 Å². The Kier molecular flexibility index (Phi) is 2.93. The highest BCUT2D eigenvalue weighted by atomic mass is 35.5. The summed E-state index contributed by atoms with van der Waals surface area (Å²) in [5.74, 6) is 0. The molecule has 1 aromatic heterocycles. The van der Waals surface area contributed by atoms with Crippen molar-refractivity contribution < 1.29 is 4.79 Å². The molecule has 1 fully saturated rings. The van der Waals surface area contributed by atoms with Gasteiger partial charge in [-0.15, -0.1) is 0 Å². The standard InChI is InChI=1S/C9H13ClN4O/c1-12-2-4-13(5-3-12)9(15)14-7-8(10)6-11-14/h6-7H,2-5H2,1H3. The molecule has 1 aliphatic heterocycles. The van der Waals surface area contributed by atoms with E-state index in [4.69, 9.17) is 11.6 Å². The lowest BCUT2D eigenvalue weighted by molar-refractivity contribution is 0.153. The molecule has 1 saturated heterocycles. The van der Waals surface area contributed by atoms with Gasteiger partial charge in [0.1, 0.15) is 0 Å². The average molecular weight is 229 g/mol. The van der Waals surface area contributed by atoms with Gasteiger partial charge in [0.15, 0.2) is 0 Å². The zero-order valence-electron chi connectivity index (χ0n) is 8.56. The molecule has 5 nitrogen and oxygen atoms in total. The smallest absolute Gasteiger partial charge is 0.320 e. The summed E-state index contributed by atoms with van der Waals surface area (Å²) in [6.07, 6.45) is 3.00. The highest BCUT2D eigenvalue weighted by Gasteiger charge is 2.20. The Morgan fingerprint density at radius 2 is 2.07 bits per heavy atom. The molecule has 1 aliphatic rings. The highest BCUT2D eigenvalue weighted by Crippen LogP contribution is 2.07. The van der Waals surface area contributed by atoms with Gasteiger partial charge in [0.2, 0.25) is 0 Å². The van der Waals surface area contributed by atoms with Crippen molar-refractivity contribution in [2.75, 3.05) is 33.2 Å². The van der Waals surface area contributed by atoms with E-state index < -0.39 is 0 Å². The second-order valence-electron chi connectivity index (χ2n) is 3.68. The van der Waals surface area contributed by atoms with E-state index >= 15 is 0 Å².